The molecule has 0 atom stereocenters. The van der Waals surface area contributed by atoms with Crippen molar-refractivity contribution in [1.82, 2.24) is 4.90 Å². The number of anilines is 3. The number of nitro groups is 1. The molecule has 0 saturated carbocycles. The smallest absolute Gasteiger partial charge is 0.269 e. The molecule has 3 aromatic carbocycles. The van der Waals surface area contributed by atoms with E-state index in [9.17, 15) is 10.1 Å². The number of para-hydroxylation sites is 1. The largest absolute Gasteiger partial charge is 0.492 e. The van der Waals surface area contributed by atoms with Crippen LogP contribution in [0.25, 0.3) is 0 Å². The molecule has 0 radical (unpaired) electrons. The van der Waals surface area contributed by atoms with Crippen molar-refractivity contribution in [3.8, 4) is 5.75 Å². The van der Waals surface area contributed by atoms with Gasteiger partial charge >= 0.3 is 0 Å². The number of nitrogens with one attached hydrogen (secondary N) is 1. The van der Waals surface area contributed by atoms with Gasteiger partial charge in [-0.3, -0.25) is 15.0 Å². The molecule has 7 nitrogen and oxygen atoms in total. The number of hydrogen-bond acceptors (Lipinski definition) is 7. The van der Waals surface area contributed by atoms with E-state index in [1.165, 1.54) is 9.79 Å². The third-order valence-corrected chi connectivity index (χ3v) is 6.95. The molecule has 0 aliphatic carbocycles. The van der Waals surface area contributed by atoms with E-state index in [2.05, 4.69) is 45.4 Å². The van der Waals surface area contributed by atoms with Crippen molar-refractivity contribution in [1.29, 1.82) is 0 Å². The fraction of sp³-hybridized carbons (Fsp3) is 0.250. The van der Waals surface area contributed by atoms with Gasteiger partial charge in [0.25, 0.3) is 5.69 Å². The number of hydrogen-bond donors (Lipinski definition) is 1. The highest BCUT2D eigenvalue weighted by molar-refractivity contribution is 7.99. The van der Waals surface area contributed by atoms with Crippen LogP contribution in [0.2, 0.25) is 0 Å². The second-order valence-electron chi connectivity index (χ2n) is 7.83. The van der Waals surface area contributed by atoms with Crippen molar-refractivity contribution in [3.63, 3.8) is 0 Å². The third kappa shape index (κ3) is 4.51. The van der Waals surface area contributed by atoms with Crippen LogP contribution in [0, 0.1) is 10.1 Å². The van der Waals surface area contributed by atoms with Crippen LogP contribution in [-0.2, 0) is 0 Å². The lowest BCUT2D eigenvalue weighted by atomic mass is 10.2. The standard InChI is InChI=1S/C24H24N4O3S/c29-28(30)19-7-5-18(6-8-19)27-13-11-26(12-14-27)15-16-31-20-9-10-24-22(17-20)25-21-3-1-2-4-23(21)32-24/h1-10,17,25H,11-16H2. The topological polar surface area (TPSA) is 70.9 Å². The van der Waals surface area contributed by atoms with Gasteiger partial charge in [0.05, 0.1) is 16.3 Å². The van der Waals surface area contributed by atoms with Gasteiger partial charge in [-0.15, -0.1) is 0 Å². The Kier molecular flexibility index (Phi) is 5.87. The van der Waals surface area contributed by atoms with Crippen LogP contribution >= 0.6 is 11.8 Å². The Hall–Kier alpha value is -3.23. The van der Waals surface area contributed by atoms with Gasteiger partial charge in [-0.1, -0.05) is 23.9 Å². The van der Waals surface area contributed by atoms with E-state index >= 15 is 0 Å². The van der Waals surface area contributed by atoms with Gasteiger partial charge in [-0.25, -0.2) is 0 Å². The molecule has 1 N–H and O–H groups in total. The molecule has 3 aromatic rings. The van der Waals surface area contributed by atoms with E-state index < -0.39 is 0 Å². The fourth-order valence-corrected chi connectivity index (χ4v) is 4.98. The van der Waals surface area contributed by atoms with Gasteiger partial charge in [0.15, 0.2) is 0 Å². The van der Waals surface area contributed by atoms with Crippen LogP contribution < -0.4 is 15.0 Å². The monoisotopic (exact) mass is 448 g/mol. The minimum Gasteiger partial charge on any atom is -0.492 e. The average molecular weight is 449 g/mol. The van der Waals surface area contributed by atoms with Gasteiger partial charge in [0.2, 0.25) is 0 Å². The summed E-state index contributed by atoms with van der Waals surface area (Å²) in [5.74, 6) is 0.876. The van der Waals surface area contributed by atoms with Crippen molar-refractivity contribution >= 4 is 34.5 Å². The zero-order chi connectivity index (χ0) is 21.9. The van der Waals surface area contributed by atoms with Crippen molar-refractivity contribution in [2.45, 2.75) is 9.79 Å². The van der Waals surface area contributed by atoms with Gasteiger partial charge in [-0.05, 0) is 36.4 Å². The molecule has 0 unspecified atom stereocenters. The number of nitro benzene ring substituents is 1. The molecule has 0 amide bonds. The Morgan fingerprint density at radius 2 is 1.69 bits per heavy atom. The van der Waals surface area contributed by atoms with Crippen LogP contribution in [0.3, 0.4) is 0 Å². The first-order chi connectivity index (χ1) is 15.7. The summed E-state index contributed by atoms with van der Waals surface area (Å²) >= 11 is 1.77. The number of rotatable bonds is 6. The highest BCUT2D eigenvalue weighted by Crippen LogP contribution is 2.44. The van der Waals surface area contributed by atoms with Crippen molar-refractivity contribution in [3.05, 3.63) is 76.8 Å². The predicted octanol–water partition coefficient (Wildman–Crippen LogP) is 5.00. The number of fused-ring (bicyclic) bond motifs is 2. The lowest BCUT2D eigenvalue weighted by molar-refractivity contribution is -0.384. The Balaban J connectivity index is 1.10. The van der Waals surface area contributed by atoms with Gasteiger partial charge in [0, 0.05) is 66.4 Å². The molecule has 0 aromatic heterocycles. The quantitative estimate of drug-likeness (QED) is 0.329. The summed E-state index contributed by atoms with van der Waals surface area (Å²) in [5, 5.41) is 14.3. The minimum absolute atomic E-state index is 0.129. The molecule has 2 aliphatic heterocycles. The maximum absolute atomic E-state index is 10.8. The zero-order valence-corrected chi connectivity index (χ0v) is 18.4. The maximum atomic E-state index is 10.8. The summed E-state index contributed by atoms with van der Waals surface area (Å²) < 4.78 is 6.04. The summed E-state index contributed by atoms with van der Waals surface area (Å²) in [6, 6.07) is 21.3. The van der Waals surface area contributed by atoms with Crippen LogP contribution in [0.5, 0.6) is 5.75 Å². The highest BCUT2D eigenvalue weighted by Gasteiger charge is 2.19. The summed E-state index contributed by atoms with van der Waals surface area (Å²) in [6.07, 6.45) is 0. The van der Waals surface area contributed by atoms with Gasteiger partial charge in [-0.2, -0.15) is 0 Å². The van der Waals surface area contributed by atoms with Crippen molar-refractivity contribution < 1.29 is 9.66 Å². The van der Waals surface area contributed by atoms with Crippen molar-refractivity contribution in [2.75, 3.05) is 49.5 Å². The second kappa shape index (κ2) is 9.10. The van der Waals surface area contributed by atoms with E-state index in [-0.39, 0.29) is 10.6 Å². The van der Waals surface area contributed by atoms with Gasteiger partial charge < -0.3 is 15.0 Å². The second-order valence-corrected chi connectivity index (χ2v) is 8.92. The predicted molar refractivity (Wildman–Crippen MR) is 128 cm³/mol. The average Bonchev–Trinajstić information content (AvgIpc) is 2.83. The first kappa shape index (κ1) is 20.7. The normalized spacial score (nSPS) is 15.4. The van der Waals surface area contributed by atoms with E-state index in [1.807, 2.05) is 24.3 Å². The molecule has 32 heavy (non-hydrogen) atoms. The maximum Gasteiger partial charge on any atom is 0.269 e. The molecular formula is C24H24N4O3S. The Bertz CT molecular complexity index is 1110. The lowest BCUT2D eigenvalue weighted by Crippen LogP contribution is -2.47. The van der Waals surface area contributed by atoms with Crippen LogP contribution in [0.4, 0.5) is 22.7 Å². The van der Waals surface area contributed by atoms with Crippen LogP contribution in [-0.4, -0.2) is 49.2 Å². The van der Waals surface area contributed by atoms with E-state index in [4.69, 9.17) is 4.74 Å². The minimum atomic E-state index is -0.363. The molecule has 1 saturated heterocycles. The molecule has 5 rings (SSSR count). The summed E-state index contributed by atoms with van der Waals surface area (Å²) in [5.41, 5.74) is 3.38. The molecular weight excluding hydrogens is 424 g/mol. The number of nitrogens with zero attached hydrogens (tertiary/aromatic N) is 3. The molecule has 0 bridgehead atoms. The third-order valence-electron chi connectivity index (χ3n) is 5.80. The van der Waals surface area contributed by atoms with E-state index in [1.54, 1.807) is 23.9 Å². The molecule has 2 heterocycles. The number of piperazine rings is 1. The van der Waals surface area contributed by atoms with E-state index in [0.29, 0.717) is 6.61 Å². The molecule has 0 spiro atoms. The first-order valence-electron chi connectivity index (χ1n) is 10.7. The number of ether oxygens (including phenoxy) is 1. The number of benzene rings is 3. The summed E-state index contributed by atoms with van der Waals surface area (Å²) in [7, 11) is 0. The van der Waals surface area contributed by atoms with Gasteiger partial charge in [0.1, 0.15) is 12.4 Å². The zero-order valence-electron chi connectivity index (χ0n) is 17.6. The summed E-state index contributed by atoms with van der Waals surface area (Å²) in [6.45, 7) is 5.20. The van der Waals surface area contributed by atoms with E-state index in [0.717, 1.165) is 55.5 Å². The molecule has 164 valence electrons. The molecule has 2 aliphatic rings. The fourth-order valence-electron chi connectivity index (χ4n) is 4.02. The SMILES string of the molecule is O=[N+]([O-])c1ccc(N2CCN(CCOc3ccc4c(c3)Nc3ccccc3S4)CC2)cc1. The van der Waals surface area contributed by atoms with Crippen LogP contribution in [0.15, 0.2) is 76.5 Å². The Labute approximate surface area is 191 Å². The summed E-state index contributed by atoms with van der Waals surface area (Å²) in [4.78, 5) is 17.6. The van der Waals surface area contributed by atoms with Crippen molar-refractivity contribution in [2.24, 2.45) is 0 Å². The Morgan fingerprint density at radius 1 is 0.938 bits per heavy atom. The lowest BCUT2D eigenvalue weighted by Gasteiger charge is -2.36. The Morgan fingerprint density at radius 3 is 2.47 bits per heavy atom. The number of non-ortho nitro benzene ring substituents is 1. The highest BCUT2D eigenvalue weighted by atomic mass is 32.2. The molecule has 8 heteroatoms. The molecule has 1 fully saturated rings. The first-order valence-corrected chi connectivity index (χ1v) is 11.5. The van der Waals surface area contributed by atoms with Crippen LogP contribution in [0.1, 0.15) is 0 Å².